The van der Waals surface area contributed by atoms with E-state index in [-0.39, 0.29) is 17.4 Å². The van der Waals surface area contributed by atoms with E-state index in [1.165, 1.54) is 19.2 Å². The lowest BCUT2D eigenvalue weighted by Gasteiger charge is -2.09. The Morgan fingerprint density at radius 3 is 2.62 bits per heavy atom. The van der Waals surface area contributed by atoms with Gasteiger partial charge in [0.25, 0.3) is 0 Å². The van der Waals surface area contributed by atoms with Crippen molar-refractivity contribution in [1.82, 2.24) is 4.98 Å². The van der Waals surface area contributed by atoms with Gasteiger partial charge in [0.05, 0.1) is 18.8 Å². The van der Waals surface area contributed by atoms with Gasteiger partial charge in [-0.05, 0) is 19.9 Å². The Labute approximate surface area is 93.4 Å². The third-order valence-electron chi connectivity index (χ3n) is 1.77. The van der Waals surface area contributed by atoms with E-state index < -0.39 is 5.97 Å². The number of aromatic nitrogens is 1. The van der Waals surface area contributed by atoms with Gasteiger partial charge in [-0.1, -0.05) is 0 Å². The van der Waals surface area contributed by atoms with Gasteiger partial charge >= 0.3 is 5.97 Å². The second-order valence-electron chi connectivity index (χ2n) is 3.36. The lowest BCUT2D eigenvalue weighted by Crippen LogP contribution is -2.11. The van der Waals surface area contributed by atoms with Crippen LogP contribution in [0.3, 0.4) is 0 Å². The van der Waals surface area contributed by atoms with Crippen molar-refractivity contribution in [2.45, 2.75) is 20.0 Å². The summed E-state index contributed by atoms with van der Waals surface area (Å²) >= 11 is 0. The zero-order valence-electron chi connectivity index (χ0n) is 9.39. The van der Waals surface area contributed by atoms with Gasteiger partial charge in [-0.15, -0.1) is 0 Å². The number of methoxy groups -OCH3 is 1. The minimum Gasteiger partial charge on any atom is -0.475 e. The van der Waals surface area contributed by atoms with Gasteiger partial charge in [-0.2, -0.15) is 0 Å². The van der Waals surface area contributed by atoms with Crippen LogP contribution in [0.1, 0.15) is 34.7 Å². The minimum absolute atomic E-state index is 0.0185. The molecular formula is C11H13NO4. The molecule has 0 unspecified atom stereocenters. The molecule has 0 atom stereocenters. The van der Waals surface area contributed by atoms with Crippen LogP contribution in [0.15, 0.2) is 12.1 Å². The smallest absolute Gasteiger partial charge is 0.340 e. The number of aldehydes is 1. The first kappa shape index (κ1) is 12.2. The standard InChI is InChI=1S/C11H13NO4/c1-7(2)16-10-5-4-8(11(14)15-3)9(6-13)12-10/h4-7H,1-3H3. The van der Waals surface area contributed by atoms with Crippen molar-refractivity contribution in [3.05, 3.63) is 23.4 Å². The topological polar surface area (TPSA) is 65.5 Å². The van der Waals surface area contributed by atoms with Crippen molar-refractivity contribution >= 4 is 12.3 Å². The highest BCUT2D eigenvalue weighted by molar-refractivity contribution is 5.97. The summed E-state index contributed by atoms with van der Waals surface area (Å²) < 4.78 is 9.82. The number of hydrogen-bond acceptors (Lipinski definition) is 5. The number of ether oxygens (including phenoxy) is 2. The van der Waals surface area contributed by atoms with Crippen LogP contribution in [0.4, 0.5) is 0 Å². The number of carbonyl (C=O) groups is 2. The van der Waals surface area contributed by atoms with E-state index in [9.17, 15) is 9.59 Å². The van der Waals surface area contributed by atoms with Crippen molar-refractivity contribution in [2.24, 2.45) is 0 Å². The van der Waals surface area contributed by atoms with Crippen molar-refractivity contribution in [2.75, 3.05) is 7.11 Å². The highest BCUT2D eigenvalue weighted by Crippen LogP contribution is 2.14. The van der Waals surface area contributed by atoms with Crippen LogP contribution in [0.5, 0.6) is 5.88 Å². The van der Waals surface area contributed by atoms with Crippen LogP contribution in [0.25, 0.3) is 0 Å². The Balaban J connectivity index is 3.06. The molecule has 0 aromatic carbocycles. The molecule has 5 heteroatoms. The van der Waals surface area contributed by atoms with Gasteiger partial charge in [0.1, 0.15) is 5.69 Å². The quantitative estimate of drug-likeness (QED) is 0.571. The number of esters is 1. The largest absolute Gasteiger partial charge is 0.475 e. The van der Waals surface area contributed by atoms with Crippen LogP contribution in [0.2, 0.25) is 0 Å². The first-order chi connectivity index (χ1) is 7.58. The highest BCUT2D eigenvalue weighted by Gasteiger charge is 2.14. The van der Waals surface area contributed by atoms with Gasteiger partial charge in [0, 0.05) is 6.07 Å². The summed E-state index contributed by atoms with van der Waals surface area (Å²) in [5, 5.41) is 0. The summed E-state index contributed by atoms with van der Waals surface area (Å²) in [5.41, 5.74) is 0.151. The van der Waals surface area contributed by atoms with Crippen LogP contribution >= 0.6 is 0 Å². The van der Waals surface area contributed by atoms with Crippen molar-refractivity contribution in [3.63, 3.8) is 0 Å². The Morgan fingerprint density at radius 1 is 1.44 bits per heavy atom. The molecule has 0 bridgehead atoms. The van der Waals surface area contributed by atoms with E-state index in [2.05, 4.69) is 9.72 Å². The average Bonchev–Trinajstić information content (AvgIpc) is 2.27. The maximum atomic E-state index is 11.3. The second-order valence-corrected chi connectivity index (χ2v) is 3.36. The van der Waals surface area contributed by atoms with Gasteiger partial charge < -0.3 is 9.47 Å². The van der Waals surface area contributed by atoms with Gasteiger partial charge in [0.2, 0.25) is 5.88 Å². The molecule has 0 saturated heterocycles. The number of nitrogens with zero attached hydrogens (tertiary/aromatic N) is 1. The van der Waals surface area contributed by atoms with Crippen LogP contribution in [-0.2, 0) is 4.74 Å². The Hall–Kier alpha value is -1.91. The molecule has 0 aliphatic carbocycles. The van der Waals surface area contributed by atoms with Gasteiger partial charge in [0.15, 0.2) is 6.29 Å². The Morgan fingerprint density at radius 2 is 2.12 bits per heavy atom. The average molecular weight is 223 g/mol. The molecule has 1 aromatic heterocycles. The van der Waals surface area contributed by atoms with Gasteiger partial charge in [-0.3, -0.25) is 4.79 Å². The maximum absolute atomic E-state index is 11.3. The molecule has 5 nitrogen and oxygen atoms in total. The van der Waals surface area contributed by atoms with Crippen LogP contribution in [-0.4, -0.2) is 30.5 Å². The molecule has 0 aliphatic rings. The fourth-order valence-corrected chi connectivity index (χ4v) is 1.14. The molecule has 0 amide bonds. The molecule has 0 radical (unpaired) electrons. The third-order valence-corrected chi connectivity index (χ3v) is 1.77. The molecule has 1 heterocycles. The van der Waals surface area contributed by atoms with Crippen molar-refractivity contribution in [3.8, 4) is 5.88 Å². The number of rotatable bonds is 4. The second kappa shape index (κ2) is 5.25. The number of carbonyl (C=O) groups excluding carboxylic acids is 2. The Bertz CT molecular complexity index is 401. The van der Waals surface area contributed by atoms with Crippen LogP contribution in [0, 0.1) is 0 Å². The summed E-state index contributed by atoms with van der Waals surface area (Å²) in [6, 6.07) is 2.99. The number of hydrogen-bond donors (Lipinski definition) is 0. The van der Waals surface area contributed by atoms with E-state index in [0.29, 0.717) is 12.2 Å². The zero-order valence-corrected chi connectivity index (χ0v) is 9.39. The van der Waals surface area contributed by atoms with E-state index in [0.717, 1.165) is 0 Å². The first-order valence-corrected chi connectivity index (χ1v) is 4.79. The van der Waals surface area contributed by atoms with Crippen molar-refractivity contribution in [1.29, 1.82) is 0 Å². The predicted molar refractivity (Wildman–Crippen MR) is 56.7 cm³/mol. The van der Waals surface area contributed by atoms with E-state index in [4.69, 9.17) is 4.74 Å². The molecule has 86 valence electrons. The van der Waals surface area contributed by atoms with Crippen molar-refractivity contribution < 1.29 is 19.1 Å². The zero-order chi connectivity index (χ0) is 12.1. The molecule has 1 rings (SSSR count). The minimum atomic E-state index is -0.592. The van der Waals surface area contributed by atoms with Crippen LogP contribution < -0.4 is 4.74 Å². The van der Waals surface area contributed by atoms with E-state index in [1.807, 2.05) is 13.8 Å². The normalized spacial score (nSPS) is 10.0. The number of pyridine rings is 1. The maximum Gasteiger partial charge on any atom is 0.340 e. The van der Waals surface area contributed by atoms with E-state index >= 15 is 0 Å². The lowest BCUT2D eigenvalue weighted by atomic mass is 10.2. The fraction of sp³-hybridized carbons (Fsp3) is 0.364. The predicted octanol–water partition coefficient (Wildman–Crippen LogP) is 1.47. The molecule has 1 aromatic rings. The first-order valence-electron chi connectivity index (χ1n) is 4.79. The molecule has 0 spiro atoms. The third kappa shape index (κ3) is 2.79. The fourth-order valence-electron chi connectivity index (χ4n) is 1.14. The summed E-state index contributed by atoms with van der Waals surface area (Å²) in [5.74, 6) is -0.282. The lowest BCUT2D eigenvalue weighted by molar-refractivity contribution is 0.0597. The highest BCUT2D eigenvalue weighted by atomic mass is 16.5. The molecule has 16 heavy (non-hydrogen) atoms. The summed E-state index contributed by atoms with van der Waals surface area (Å²) in [6.07, 6.45) is 0.454. The van der Waals surface area contributed by atoms with E-state index in [1.54, 1.807) is 0 Å². The molecule has 0 saturated carbocycles. The monoisotopic (exact) mass is 223 g/mol. The summed E-state index contributed by atoms with van der Waals surface area (Å²) in [4.78, 5) is 25.9. The van der Waals surface area contributed by atoms with Gasteiger partial charge in [-0.25, -0.2) is 9.78 Å². The summed E-state index contributed by atoms with van der Waals surface area (Å²) in [6.45, 7) is 3.69. The molecule has 0 aliphatic heterocycles. The molecular weight excluding hydrogens is 210 g/mol. The SMILES string of the molecule is COC(=O)c1ccc(OC(C)C)nc1C=O. The summed E-state index contributed by atoms with van der Waals surface area (Å²) in [7, 11) is 1.25. The molecule has 0 N–H and O–H groups in total. The Kier molecular flexibility index (Phi) is 3.99. The molecule has 0 fully saturated rings.